The number of aromatic nitrogens is 2. The molecule has 1 aromatic carbocycles. The van der Waals surface area contributed by atoms with E-state index in [0.717, 1.165) is 35.3 Å². The van der Waals surface area contributed by atoms with E-state index < -0.39 is 17.7 Å². The lowest BCUT2D eigenvalue weighted by Crippen LogP contribution is -2.33. The summed E-state index contributed by atoms with van der Waals surface area (Å²) in [6.45, 7) is 8.16. The van der Waals surface area contributed by atoms with Crippen LogP contribution in [0.25, 0.3) is 22.0 Å². The minimum Gasteiger partial charge on any atom is -0.493 e. The first-order valence-electron chi connectivity index (χ1n) is 10.9. The molecule has 7 heteroatoms. The highest BCUT2D eigenvalue weighted by molar-refractivity contribution is 5.99. The lowest BCUT2D eigenvalue weighted by atomic mass is 9.89. The van der Waals surface area contributed by atoms with Gasteiger partial charge in [-0.15, -0.1) is 0 Å². The number of hydrogen-bond acceptors (Lipinski definition) is 4. The van der Waals surface area contributed by atoms with E-state index >= 15 is 0 Å². The molecule has 170 valence electrons. The van der Waals surface area contributed by atoms with Crippen LogP contribution in [0.1, 0.15) is 50.1 Å². The number of carboxylic acids is 1. The van der Waals surface area contributed by atoms with Crippen LogP contribution in [-0.4, -0.2) is 32.4 Å². The number of carboxylic acid groups (broad SMARTS) is 1. The highest BCUT2D eigenvalue weighted by atomic mass is 16.5. The number of nitrogens with zero attached hydrogens (tertiary/aromatic N) is 2. The van der Waals surface area contributed by atoms with Crippen LogP contribution < -0.4 is 10.3 Å². The van der Waals surface area contributed by atoms with Gasteiger partial charge in [-0.05, 0) is 69.4 Å². The molecule has 0 spiro atoms. The predicted octanol–water partition coefficient (Wildman–Crippen LogP) is 4.12. The summed E-state index contributed by atoms with van der Waals surface area (Å²) in [5.74, 6) is -0.265. The number of hydrogen-bond donors (Lipinski definition) is 1. The number of aryl methyl sites for hydroxylation is 1. The van der Waals surface area contributed by atoms with E-state index in [9.17, 15) is 14.7 Å². The van der Waals surface area contributed by atoms with Gasteiger partial charge in [-0.25, -0.2) is 4.79 Å². The fourth-order valence-corrected chi connectivity index (χ4v) is 4.62. The molecule has 1 aliphatic rings. The smallest absolute Gasteiger partial charge is 0.339 e. The number of pyridine rings is 1. The Bertz CT molecular complexity index is 1280. The summed E-state index contributed by atoms with van der Waals surface area (Å²) in [7, 11) is 3.44. The van der Waals surface area contributed by atoms with Crippen LogP contribution in [0.2, 0.25) is 0 Å². The summed E-state index contributed by atoms with van der Waals surface area (Å²) in [6.07, 6.45) is 2.35. The lowest BCUT2D eigenvalue weighted by molar-refractivity contribution is -0.161. The molecule has 0 bridgehead atoms. The van der Waals surface area contributed by atoms with Crippen molar-refractivity contribution in [3.8, 4) is 16.9 Å². The van der Waals surface area contributed by atoms with Gasteiger partial charge in [-0.3, -0.25) is 4.79 Å². The van der Waals surface area contributed by atoms with Gasteiger partial charge >= 0.3 is 5.97 Å². The molecular weight excluding hydrogens is 408 g/mol. The average Bonchev–Trinajstić information content (AvgIpc) is 3.10. The van der Waals surface area contributed by atoms with Gasteiger partial charge in [0, 0.05) is 31.2 Å². The fourth-order valence-electron chi connectivity index (χ4n) is 4.62. The van der Waals surface area contributed by atoms with E-state index in [4.69, 9.17) is 9.47 Å². The Labute approximate surface area is 187 Å². The SMILES string of the molecule is Cc1c(-c2c(C(OC(C)(C)C)C(=O)O)n(C)c(=O)c3c2ccn3C)ccc2c1CCCO2. The van der Waals surface area contributed by atoms with Gasteiger partial charge in [0.2, 0.25) is 0 Å². The normalized spacial score (nSPS) is 14.8. The summed E-state index contributed by atoms with van der Waals surface area (Å²) in [4.78, 5) is 25.7. The molecule has 3 heterocycles. The van der Waals surface area contributed by atoms with Crippen LogP contribution in [0.5, 0.6) is 5.75 Å². The Morgan fingerprint density at radius 2 is 1.94 bits per heavy atom. The van der Waals surface area contributed by atoms with E-state index in [2.05, 4.69) is 0 Å². The number of aliphatic carboxylic acids is 1. The quantitative estimate of drug-likeness (QED) is 0.663. The van der Waals surface area contributed by atoms with Crippen LogP contribution in [0.3, 0.4) is 0 Å². The topological polar surface area (TPSA) is 82.7 Å². The Kier molecular flexibility index (Phi) is 5.41. The molecule has 0 saturated carbocycles. The number of benzene rings is 1. The zero-order valence-corrected chi connectivity index (χ0v) is 19.5. The van der Waals surface area contributed by atoms with E-state index in [1.54, 1.807) is 11.6 Å². The van der Waals surface area contributed by atoms with Crippen LogP contribution in [0.4, 0.5) is 0 Å². The van der Waals surface area contributed by atoms with E-state index in [1.807, 2.05) is 59.1 Å². The molecule has 1 unspecified atom stereocenters. The molecule has 1 atom stereocenters. The molecule has 0 radical (unpaired) electrons. The van der Waals surface area contributed by atoms with Crippen molar-refractivity contribution < 1.29 is 19.4 Å². The zero-order chi connectivity index (χ0) is 23.4. The first kappa shape index (κ1) is 22.1. The largest absolute Gasteiger partial charge is 0.493 e. The first-order valence-corrected chi connectivity index (χ1v) is 10.9. The van der Waals surface area contributed by atoms with Gasteiger partial charge in [0.15, 0.2) is 6.10 Å². The average molecular weight is 439 g/mol. The zero-order valence-electron chi connectivity index (χ0n) is 19.5. The maximum absolute atomic E-state index is 13.3. The summed E-state index contributed by atoms with van der Waals surface area (Å²) < 4.78 is 15.0. The van der Waals surface area contributed by atoms with Crippen molar-refractivity contribution in [3.63, 3.8) is 0 Å². The minimum absolute atomic E-state index is 0.256. The molecule has 0 saturated heterocycles. The van der Waals surface area contributed by atoms with Crippen molar-refractivity contribution in [2.45, 2.75) is 52.2 Å². The van der Waals surface area contributed by atoms with Crippen molar-refractivity contribution in [2.24, 2.45) is 14.1 Å². The molecule has 4 rings (SSSR count). The molecule has 2 aromatic heterocycles. The Balaban J connectivity index is 2.12. The number of ether oxygens (including phenoxy) is 2. The second-order valence-corrected chi connectivity index (χ2v) is 9.43. The summed E-state index contributed by atoms with van der Waals surface area (Å²) in [5.41, 5.74) is 3.66. The molecule has 32 heavy (non-hydrogen) atoms. The first-order chi connectivity index (χ1) is 15.0. The second kappa shape index (κ2) is 7.81. The minimum atomic E-state index is -1.31. The maximum Gasteiger partial charge on any atom is 0.339 e. The van der Waals surface area contributed by atoms with Gasteiger partial charge in [0.25, 0.3) is 5.56 Å². The number of carbonyl (C=O) groups is 1. The molecule has 0 aliphatic carbocycles. The van der Waals surface area contributed by atoms with Crippen molar-refractivity contribution in [3.05, 3.63) is 51.6 Å². The van der Waals surface area contributed by atoms with E-state index in [-0.39, 0.29) is 5.56 Å². The van der Waals surface area contributed by atoms with Crippen LogP contribution in [0.15, 0.2) is 29.2 Å². The van der Waals surface area contributed by atoms with Crippen molar-refractivity contribution in [1.29, 1.82) is 0 Å². The molecule has 7 nitrogen and oxygen atoms in total. The molecule has 1 aliphatic heterocycles. The van der Waals surface area contributed by atoms with Gasteiger partial charge in [0.05, 0.1) is 17.9 Å². The third-order valence-corrected chi connectivity index (χ3v) is 6.06. The van der Waals surface area contributed by atoms with Crippen LogP contribution >= 0.6 is 0 Å². The summed E-state index contributed by atoms with van der Waals surface area (Å²) in [5, 5.41) is 10.9. The molecule has 0 amide bonds. The van der Waals surface area contributed by atoms with Crippen LogP contribution in [-0.2, 0) is 30.0 Å². The highest BCUT2D eigenvalue weighted by Crippen LogP contribution is 2.41. The predicted molar refractivity (Wildman–Crippen MR) is 123 cm³/mol. The van der Waals surface area contributed by atoms with Gasteiger partial charge in [0.1, 0.15) is 11.3 Å². The lowest BCUT2D eigenvalue weighted by Gasteiger charge is -2.29. The summed E-state index contributed by atoms with van der Waals surface area (Å²) in [6, 6.07) is 5.78. The Hall–Kier alpha value is -3.06. The van der Waals surface area contributed by atoms with Gasteiger partial charge < -0.3 is 23.7 Å². The third kappa shape index (κ3) is 3.60. The molecule has 1 N–H and O–H groups in total. The summed E-state index contributed by atoms with van der Waals surface area (Å²) >= 11 is 0. The van der Waals surface area contributed by atoms with Gasteiger partial charge in [-0.1, -0.05) is 6.07 Å². The van der Waals surface area contributed by atoms with E-state index in [1.165, 1.54) is 4.57 Å². The van der Waals surface area contributed by atoms with Crippen LogP contribution in [0, 0.1) is 6.92 Å². The number of rotatable bonds is 4. The molecular formula is C25H30N2O5. The van der Waals surface area contributed by atoms with Gasteiger partial charge in [-0.2, -0.15) is 0 Å². The Morgan fingerprint density at radius 3 is 2.59 bits per heavy atom. The van der Waals surface area contributed by atoms with E-state index in [0.29, 0.717) is 28.8 Å². The monoisotopic (exact) mass is 438 g/mol. The van der Waals surface area contributed by atoms with Crippen molar-refractivity contribution >= 4 is 16.9 Å². The maximum atomic E-state index is 13.3. The Morgan fingerprint density at radius 1 is 1.22 bits per heavy atom. The second-order valence-electron chi connectivity index (χ2n) is 9.43. The van der Waals surface area contributed by atoms with Crippen molar-refractivity contribution in [1.82, 2.24) is 9.13 Å². The molecule has 3 aromatic rings. The third-order valence-electron chi connectivity index (χ3n) is 6.06. The van der Waals surface area contributed by atoms with Crippen molar-refractivity contribution in [2.75, 3.05) is 6.61 Å². The fraction of sp³-hybridized carbons (Fsp3) is 0.440. The molecule has 0 fully saturated rings. The number of fused-ring (bicyclic) bond motifs is 2. The highest BCUT2D eigenvalue weighted by Gasteiger charge is 2.34. The standard InChI is InChI=1S/C25H30N2O5/c1-14-15-8-7-13-31-18(15)10-9-16(14)19-17-11-12-26(5)20(17)23(28)27(6)21(19)22(24(29)30)32-25(2,3)4/h9-12,22H,7-8,13H2,1-6H3,(H,29,30).